The Labute approximate surface area is 140 Å². The van der Waals surface area contributed by atoms with E-state index in [4.69, 9.17) is 9.47 Å². The van der Waals surface area contributed by atoms with Crippen molar-refractivity contribution in [2.75, 3.05) is 26.1 Å². The maximum absolute atomic E-state index is 5.18. The van der Waals surface area contributed by atoms with Gasteiger partial charge in [-0.2, -0.15) is 5.10 Å². The molecule has 0 fully saturated rings. The highest BCUT2D eigenvalue weighted by Crippen LogP contribution is 2.22. The fourth-order valence-corrected chi connectivity index (χ4v) is 2.47. The molecule has 126 valence electrons. The van der Waals surface area contributed by atoms with Crippen molar-refractivity contribution >= 4 is 16.9 Å². The largest absolute Gasteiger partial charge is 0.364 e. The molecule has 2 heterocycles. The van der Waals surface area contributed by atoms with E-state index in [1.165, 1.54) is 17.5 Å². The fourth-order valence-electron chi connectivity index (χ4n) is 2.47. The quantitative estimate of drug-likeness (QED) is 0.701. The van der Waals surface area contributed by atoms with E-state index >= 15 is 0 Å². The molecule has 0 amide bonds. The first-order valence-electron chi connectivity index (χ1n) is 7.70. The van der Waals surface area contributed by atoms with Gasteiger partial charge in [-0.25, -0.2) is 14.6 Å². The van der Waals surface area contributed by atoms with Gasteiger partial charge in [-0.05, 0) is 37.1 Å². The summed E-state index contributed by atoms with van der Waals surface area (Å²) in [7, 11) is 3.20. The van der Waals surface area contributed by atoms with Crippen LogP contribution in [0.1, 0.15) is 11.1 Å². The normalized spacial score (nSPS) is 11.4. The van der Waals surface area contributed by atoms with E-state index < -0.39 is 0 Å². The standard InChI is InChI=1S/C17H21N5O2/c1-11-5-6-13(7-12(11)2)22-17-14(8-21-22)16(19-10-20-17)18-9-15(23-3)24-4/h5-8,10,15H,9H2,1-4H3,(H,18,19,20). The van der Waals surface area contributed by atoms with Crippen LogP contribution in [-0.2, 0) is 9.47 Å². The first-order valence-corrected chi connectivity index (χ1v) is 7.70. The zero-order chi connectivity index (χ0) is 17.1. The van der Waals surface area contributed by atoms with Crippen LogP contribution in [0.4, 0.5) is 5.82 Å². The molecule has 1 aromatic carbocycles. The Morgan fingerprint density at radius 3 is 2.62 bits per heavy atom. The maximum atomic E-state index is 5.18. The molecule has 1 N–H and O–H groups in total. The number of ether oxygens (including phenoxy) is 2. The first-order chi connectivity index (χ1) is 11.6. The average molecular weight is 327 g/mol. The number of rotatable bonds is 6. The number of anilines is 1. The van der Waals surface area contributed by atoms with Crippen molar-refractivity contribution in [3.8, 4) is 5.69 Å². The smallest absolute Gasteiger partial charge is 0.173 e. The zero-order valence-electron chi connectivity index (χ0n) is 14.3. The molecule has 0 spiro atoms. The number of nitrogens with zero attached hydrogens (tertiary/aromatic N) is 4. The van der Waals surface area contributed by atoms with Gasteiger partial charge in [0.1, 0.15) is 12.1 Å². The minimum absolute atomic E-state index is 0.343. The maximum Gasteiger partial charge on any atom is 0.173 e. The van der Waals surface area contributed by atoms with Gasteiger partial charge in [0.25, 0.3) is 0 Å². The predicted molar refractivity (Wildman–Crippen MR) is 92.4 cm³/mol. The predicted octanol–water partition coefficient (Wildman–Crippen LogP) is 2.46. The molecule has 0 aliphatic rings. The number of aryl methyl sites for hydroxylation is 2. The molecule has 0 radical (unpaired) electrons. The fraction of sp³-hybridized carbons (Fsp3) is 0.353. The second kappa shape index (κ2) is 6.94. The van der Waals surface area contributed by atoms with E-state index in [0.717, 1.165) is 16.7 Å². The molecule has 7 heteroatoms. The van der Waals surface area contributed by atoms with Crippen LogP contribution in [0.15, 0.2) is 30.7 Å². The first kappa shape index (κ1) is 16.4. The van der Waals surface area contributed by atoms with Crippen molar-refractivity contribution < 1.29 is 9.47 Å². The van der Waals surface area contributed by atoms with Crippen molar-refractivity contribution in [1.29, 1.82) is 0 Å². The summed E-state index contributed by atoms with van der Waals surface area (Å²) in [6.45, 7) is 4.66. The highest BCUT2D eigenvalue weighted by Gasteiger charge is 2.13. The lowest BCUT2D eigenvalue weighted by Gasteiger charge is -2.14. The van der Waals surface area contributed by atoms with E-state index in [0.29, 0.717) is 12.4 Å². The zero-order valence-corrected chi connectivity index (χ0v) is 14.3. The number of aromatic nitrogens is 4. The Balaban J connectivity index is 1.95. The van der Waals surface area contributed by atoms with Crippen molar-refractivity contribution in [2.24, 2.45) is 0 Å². The van der Waals surface area contributed by atoms with Crippen molar-refractivity contribution in [1.82, 2.24) is 19.7 Å². The van der Waals surface area contributed by atoms with Gasteiger partial charge >= 0.3 is 0 Å². The topological polar surface area (TPSA) is 74.1 Å². The molecule has 0 aliphatic carbocycles. The van der Waals surface area contributed by atoms with Crippen LogP contribution in [0.3, 0.4) is 0 Å². The molecular formula is C17H21N5O2. The third-order valence-corrected chi connectivity index (χ3v) is 4.06. The van der Waals surface area contributed by atoms with Gasteiger partial charge in [-0.1, -0.05) is 6.07 Å². The molecule has 0 saturated heterocycles. The van der Waals surface area contributed by atoms with Gasteiger partial charge in [0.05, 0.1) is 23.8 Å². The van der Waals surface area contributed by atoms with E-state index in [9.17, 15) is 0 Å². The number of hydrogen-bond donors (Lipinski definition) is 1. The molecule has 24 heavy (non-hydrogen) atoms. The van der Waals surface area contributed by atoms with Gasteiger partial charge in [0.15, 0.2) is 11.9 Å². The second-order valence-corrected chi connectivity index (χ2v) is 5.57. The molecule has 0 saturated carbocycles. The summed E-state index contributed by atoms with van der Waals surface area (Å²) in [6.07, 6.45) is 2.95. The average Bonchev–Trinajstić information content (AvgIpc) is 3.03. The highest BCUT2D eigenvalue weighted by molar-refractivity contribution is 5.87. The third kappa shape index (κ3) is 3.08. The molecule has 0 aliphatic heterocycles. The third-order valence-electron chi connectivity index (χ3n) is 4.06. The van der Waals surface area contributed by atoms with Gasteiger partial charge in [-0.15, -0.1) is 0 Å². The summed E-state index contributed by atoms with van der Waals surface area (Å²) in [5.41, 5.74) is 4.19. The number of hydrogen-bond acceptors (Lipinski definition) is 6. The van der Waals surface area contributed by atoms with E-state index in [2.05, 4.69) is 46.4 Å². The van der Waals surface area contributed by atoms with E-state index in [-0.39, 0.29) is 6.29 Å². The summed E-state index contributed by atoms with van der Waals surface area (Å²) >= 11 is 0. The molecule has 3 rings (SSSR count). The van der Waals surface area contributed by atoms with Crippen LogP contribution in [-0.4, -0.2) is 46.8 Å². The van der Waals surface area contributed by atoms with Crippen LogP contribution in [0.25, 0.3) is 16.7 Å². The highest BCUT2D eigenvalue weighted by atomic mass is 16.7. The minimum atomic E-state index is -0.343. The number of benzene rings is 1. The lowest BCUT2D eigenvalue weighted by atomic mass is 10.1. The Bertz CT molecular complexity index is 842. The summed E-state index contributed by atoms with van der Waals surface area (Å²) in [5, 5.41) is 8.55. The summed E-state index contributed by atoms with van der Waals surface area (Å²) in [6, 6.07) is 6.22. The SMILES string of the molecule is COC(CNc1ncnc2c1cnn2-c1ccc(C)c(C)c1)OC. The molecule has 7 nitrogen and oxygen atoms in total. The monoisotopic (exact) mass is 327 g/mol. The van der Waals surface area contributed by atoms with Crippen LogP contribution in [0.2, 0.25) is 0 Å². The van der Waals surface area contributed by atoms with Crippen LogP contribution in [0, 0.1) is 13.8 Å². The number of fused-ring (bicyclic) bond motifs is 1. The van der Waals surface area contributed by atoms with E-state index in [1.807, 2.05) is 10.7 Å². The van der Waals surface area contributed by atoms with Crippen LogP contribution < -0.4 is 5.32 Å². The van der Waals surface area contributed by atoms with Gasteiger partial charge < -0.3 is 14.8 Å². The molecule has 2 aromatic heterocycles. The van der Waals surface area contributed by atoms with Crippen molar-refractivity contribution in [2.45, 2.75) is 20.1 Å². The van der Waals surface area contributed by atoms with Crippen molar-refractivity contribution in [3.05, 3.63) is 41.9 Å². The summed E-state index contributed by atoms with van der Waals surface area (Å²) < 4.78 is 12.2. The van der Waals surface area contributed by atoms with Crippen molar-refractivity contribution in [3.63, 3.8) is 0 Å². The Hall–Kier alpha value is -2.51. The van der Waals surface area contributed by atoms with Gasteiger partial charge in [0, 0.05) is 14.2 Å². The van der Waals surface area contributed by atoms with Gasteiger partial charge in [-0.3, -0.25) is 0 Å². The molecule has 0 atom stereocenters. The number of nitrogens with one attached hydrogen (secondary N) is 1. The minimum Gasteiger partial charge on any atom is -0.364 e. The summed E-state index contributed by atoms with van der Waals surface area (Å²) in [5.74, 6) is 0.703. The molecule has 0 bridgehead atoms. The van der Waals surface area contributed by atoms with Crippen LogP contribution >= 0.6 is 0 Å². The summed E-state index contributed by atoms with van der Waals surface area (Å²) in [4.78, 5) is 8.68. The van der Waals surface area contributed by atoms with Crippen LogP contribution in [0.5, 0.6) is 0 Å². The molecule has 0 unspecified atom stereocenters. The second-order valence-electron chi connectivity index (χ2n) is 5.57. The van der Waals surface area contributed by atoms with Gasteiger partial charge in [0.2, 0.25) is 0 Å². The Morgan fingerprint density at radius 2 is 1.92 bits per heavy atom. The lowest BCUT2D eigenvalue weighted by molar-refractivity contribution is -0.0914. The molecular weight excluding hydrogens is 306 g/mol. The number of methoxy groups -OCH3 is 2. The molecule has 3 aromatic rings. The Kier molecular flexibility index (Phi) is 4.73. The Morgan fingerprint density at radius 1 is 1.12 bits per heavy atom. The lowest BCUT2D eigenvalue weighted by Crippen LogP contribution is -2.24. The van der Waals surface area contributed by atoms with E-state index in [1.54, 1.807) is 20.4 Å².